The molecule has 5 heteroatoms. The topological polar surface area (TPSA) is 82.3 Å². The largest absolute Gasteiger partial charge is 0.481 e. The lowest BCUT2D eigenvalue weighted by molar-refractivity contribution is -0.127. The first-order valence-corrected chi connectivity index (χ1v) is 6.69. The highest BCUT2D eigenvalue weighted by molar-refractivity contribution is 5.80. The number of nitrogens with one attached hydrogen (secondary N) is 1. The number of ether oxygens (including phenoxy) is 1. The van der Waals surface area contributed by atoms with Crippen molar-refractivity contribution in [1.82, 2.24) is 5.32 Å². The lowest BCUT2D eigenvalue weighted by atomic mass is 10.2. The highest BCUT2D eigenvalue weighted by Crippen LogP contribution is 2.13. The standard InChI is InChI=1S/C15H20N2O3/c1-3-4-13(18)10-17-15(19)11(2)20-14-7-5-12(9-16)6-8-14/h5-8,11,13,18H,3-4,10H2,1-2H3,(H,17,19). The summed E-state index contributed by atoms with van der Waals surface area (Å²) in [7, 11) is 0. The van der Waals surface area contributed by atoms with E-state index in [2.05, 4.69) is 5.32 Å². The molecule has 2 atom stereocenters. The smallest absolute Gasteiger partial charge is 0.260 e. The maximum absolute atomic E-state index is 11.8. The van der Waals surface area contributed by atoms with Crippen LogP contribution in [0, 0.1) is 11.3 Å². The number of aliphatic hydroxyl groups is 1. The zero-order valence-corrected chi connectivity index (χ0v) is 11.8. The molecule has 20 heavy (non-hydrogen) atoms. The molecular weight excluding hydrogens is 256 g/mol. The van der Waals surface area contributed by atoms with E-state index in [1.165, 1.54) is 0 Å². The predicted octanol–water partition coefficient (Wildman–Crippen LogP) is 1.60. The number of hydrogen-bond donors (Lipinski definition) is 2. The molecule has 108 valence electrons. The molecule has 1 amide bonds. The van der Waals surface area contributed by atoms with Crippen molar-refractivity contribution in [1.29, 1.82) is 5.26 Å². The van der Waals surface area contributed by atoms with Crippen molar-refractivity contribution in [2.75, 3.05) is 6.54 Å². The first kappa shape index (κ1) is 16.0. The summed E-state index contributed by atoms with van der Waals surface area (Å²) in [5.41, 5.74) is 0.539. The molecule has 0 aliphatic carbocycles. The van der Waals surface area contributed by atoms with Crippen LogP contribution >= 0.6 is 0 Å². The fraction of sp³-hybridized carbons (Fsp3) is 0.467. The Bertz CT molecular complexity index is 465. The molecule has 0 radical (unpaired) electrons. The SMILES string of the molecule is CCCC(O)CNC(=O)C(C)Oc1ccc(C#N)cc1. The molecule has 2 unspecified atom stereocenters. The first-order chi connectivity index (χ1) is 9.56. The van der Waals surface area contributed by atoms with E-state index < -0.39 is 12.2 Å². The van der Waals surface area contributed by atoms with E-state index in [4.69, 9.17) is 10.00 Å². The van der Waals surface area contributed by atoms with Crippen LogP contribution in [-0.2, 0) is 4.79 Å². The van der Waals surface area contributed by atoms with Gasteiger partial charge < -0.3 is 15.2 Å². The predicted molar refractivity (Wildman–Crippen MR) is 75.2 cm³/mol. The molecular formula is C15H20N2O3. The Morgan fingerprint density at radius 1 is 1.45 bits per heavy atom. The van der Waals surface area contributed by atoms with Crippen molar-refractivity contribution in [2.45, 2.75) is 38.9 Å². The number of hydrogen-bond acceptors (Lipinski definition) is 4. The highest BCUT2D eigenvalue weighted by atomic mass is 16.5. The Morgan fingerprint density at radius 2 is 2.10 bits per heavy atom. The third-order valence-electron chi connectivity index (χ3n) is 2.80. The van der Waals surface area contributed by atoms with Crippen LogP contribution in [0.1, 0.15) is 32.3 Å². The molecule has 0 saturated carbocycles. The quantitative estimate of drug-likeness (QED) is 0.792. The van der Waals surface area contributed by atoms with Gasteiger partial charge in [0.2, 0.25) is 0 Å². The molecule has 1 aromatic carbocycles. The van der Waals surface area contributed by atoms with Gasteiger partial charge in [-0.1, -0.05) is 13.3 Å². The number of carbonyl (C=O) groups excluding carboxylic acids is 1. The zero-order valence-electron chi connectivity index (χ0n) is 11.8. The van der Waals surface area contributed by atoms with Gasteiger partial charge in [0.1, 0.15) is 5.75 Å². The number of amides is 1. The molecule has 0 fully saturated rings. The molecule has 0 bridgehead atoms. The number of rotatable bonds is 7. The second-order valence-electron chi connectivity index (χ2n) is 4.58. The number of nitrogens with zero attached hydrogens (tertiary/aromatic N) is 1. The molecule has 0 aromatic heterocycles. The summed E-state index contributed by atoms with van der Waals surface area (Å²) < 4.78 is 5.46. The van der Waals surface area contributed by atoms with Gasteiger partial charge in [0.05, 0.1) is 17.7 Å². The Hall–Kier alpha value is -2.06. The lowest BCUT2D eigenvalue weighted by Gasteiger charge is -2.16. The van der Waals surface area contributed by atoms with Crippen molar-refractivity contribution in [3.8, 4) is 11.8 Å². The third-order valence-corrected chi connectivity index (χ3v) is 2.80. The Labute approximate surface area is 119 Å². The van der Waals surface area contributed by atoms with Gasteiger partial charge in [-0.25, -0.2) is 0 Å². The molecule has 2 N–H and O–H groups in total. The fourth-order valence-electron chi connectivity index (χ4n) is 1.66. The van der Waals surface area contributed by atoms with Gasteiger partial charge >= 0.3 is 0 Å². The summed E-state index contributed by atoms with van der Waals surface area (Å²) in [4.78, 5) is 11.8. The van der Waals surface area contributed by atoms with Crippen molar-refractivity contribution in [3.63, 3.8) is 0 Å². The summed E-state index contributed by atoms with van der Waals surface area (Å²) >= 11 is 0. The second kappa shape index (κ2) is 8.18. The van der Waals surface area contributed by atoms with Gasteiger partial charge in [-0.3, -0.25) is 4.79 Å². The van der Waals surface area contributed by atoms with Crippen LogP contribution < -0.4 is 10.1 Å². The summed E-state index contributed by atoms with van der Waals surface area (Å²) in [6.45, 7) is 3.84. The molecule has 0 heterocycles. The van der Waals surface area contributed by atoms with E-state index in [9.17, 15) is 9.90 Å². The maximum Gasteiger partial charge on any atom is 0.260 e. The van der Waals surface area contributed by atoms with Crippen LogP contribution in [0.2, 0.25) is 0 Å². The van der Waals surface area contributed by atoms with Crippen LogP contribution in [0.25, 0.3) is 0 Å². The van der Waals surface area contributed by atoms with Crippen molar-refractivity contribution in [3.05, 3.63) is 29.8 Å². The van der Waals surface area contributed by atoms with Crippen molar-refractivity contribution < 1.29 is 14.6 Å². The third kappa shape index (κ3) is 5.29. The lowest BCUT2D eigenvalue weighted by Crippen LogP contribution is -2.40. The van der Waals surface area contributed by atoms with Gasteiger partial charge in [-0.15, -0.1) is 0 Å². The van der Waals surface area contributed by atoms with Gasteiger partial charge in [-0.05, 0) is 37.6 Å². The number of benzene rings is 1. The van der Waals surface area contributed by atoms with Crippen LogP contribution in [0.3, 0.4) is 0 Å². The highest BCUT2D eigenvalue weighted by Gasteiger charge is 2.15. The van der Waals surface area contributed by atoms with E-state index in [-0.39, 0.29) is 12.5 Å². The fourth-order valence-corrected chi connectivity index (χ4v) is 1.66. The van der Waals surface area contributed by atoms with E-state index in [0.717, 1.165) is 6.42 Å². The normalized spacial score (nSPS) is 13.1. The van der Waals surface area contributed by atoms with E-state index in [1.807, 2.05) is 13.0 Å². The van der Waals surface area contributed by atoms with Crippen LogP contribution in [0.15, 0.2) is 24.3 Å². The van der Waals surface area contributed by atoms with E-state index in [0.29, 0.717) is 17.7 Å². The van der Waals surface area contributed by atoms with Crippen LogP contribution in [0.4, 0.5) is 0 Å². The average Bonchev–Trinajstić information content (AvgIpc) is 2.45. The number of aliphatic hydroxyl groups excluding tert-OH is 1. The summed E-state index contributed by atoms with van der Waals surface area (Å²) in [6.07, 6.45) is 0.349. The molecule has 1 aromatic rings. The second-order valence-corrected chi connectivity index (χ2v) is 4.58. The first-order valence-electron chi connectivity index (χ1n) is 6.69. The molecule has 0 aliphatic rings. The molecule has 5 nitrogen and oxygen atoms in total. The Kier molecular flexibility index (Phi) is 6.54. The molecule has 0 aliphatic heterocycles. The van der Waals surface area contributed by atoms with Gasteiger partial charge in [-0.2, -0.15) is 5.26 Å². The minimum absolute atomic E-state index is 0.230. The molecule has 0 saturated heterocycles. The van der Waals surface area contributed by atoms with E-state index in [1.54, 1.807) is 31.2 Å². The van der Waals surface area contributed by atoms with Crippen molar-refractivity contribution >= 4 is 5.91 Å². The zero-order chi connectivity index (χ0) is 15.0. The Morgan fingerprint density at radius 3 is 2.65 bits per heavy atom. The maximum atomic E-state index is 11.8. The average molecular weight is 276 g/mol. The molecule has 1 rings (SSSR count). The summed E-state index contributed by atoms with van der Waals surface area (Å²) in [6, 6.07) is 8.57. The minimum Gasteiger partial charge on any atom is -0.481 e. The number of carbonyl (C=O) groups is 1. The Balaban J connectivity index is 2.42. The van der Waals surface area contributed by atoms with Gasteiger partial charge in [0.15, 0.2) is 6.10 Å². The van der Waals surface area contributed by atoms with Gasteiger partial charge in [0, 0.05) is 6.54 Å². The van der Waals surface area contributed by atoms with Gasteiger partial charge in [0.25, 0.3) is 5.91 Å². The number of nitriles is 1. The van der Waals surface area contributed by atoms with Crippen LogP contribution in [0.5, 0.6) is 5.75 Å². The monoisotopic (exact) mass is 276 g/mol. The van der Waals surface area contributed by atoms with Crippen molar-refractivity contribution in [2.24, 2.45) is 0 Å². The molecule has 0 spiro atoms. The summed E-state index contributed by atoms with van der Waals surface area (Å²) in [5.74, 6) is 0.255. The van der Waals surface area contributed by atoms with Crippen LogP contribution in [-0.4, -0.2) is 29.8 Å². The minimum atomic E-state index is -0.656. The van der Waals surface area contributed by atoms with E-state index >= 15 is 0 Å². The summed E-state index contributed by atoms with van der Waals surface area (Å²) in [5, 5.41) is 20.9.